The molecule has 0 aromatic rings. The lowest BCUT2D eigenvalue weighted by Crippen LogP contribution is -2.77. The molecule has 0 radical (unpaired) electrons. The summed E-state index contributed by atoms with van der Waals surface area (Å²) in [6.07, 6.45) is 0.491. The molecule has 6 heterocycles. The van der Waals surface area contributed by atoms with E-state index in [1.807, 2.05) is 0 Å². The highest BCUT2D eigenvalue weighted by atomic mass is 19.4. The second-order valence-electron chi connectivity index (χ2n) is 24.3. The molecule has 6 N–H and O–H groups in total. The number of carbonyl (C=O) groups is 9. The zero-order valence-corrected chi connectivity index (χ0v) is 46.4. The molecule has 6 aliphatic heterocycles. The molecule has 6 saturated heterocycles. The van der Waals surface area contributed by atoms with Gasteiger partial charge in [0.15, 0.2) is 6.04 Å². The Balaban J connectivity index is 0.000000190. The highest BCUT2D eigenvalue weighted by molar-refractivity contribution is 6.01. The van der Waals surface area contributed by atoms with E-state index in [4.69, 9.17) is 9.47 Å². The molecule has 2 saturated carbocycles. The van der Waals surface area contributed by atoms with E-state index in [2.05, 4.69) is 20.7 Å². The number of aliphatic hydroxyl groups is 2. The van der Waals surface area contributed by atoms with Gasteiger partial charge in [0.25, 0.3) is 11.8 Å². The van der Waals surface area contributed by atoms with Crippen LogP contribution in [0.1, 0.15) is 139 Å². The monoisotopic (exact) mass is 1110 g/mol. The van der Waals surface area contributed by atoms with Gasteiger partial charge in [-0.3, -0.25) is 33.8 Å². The van der Waals surface area contributed by atoms with Gasteiger partial charge in [-0.05, 0) is 145 Å². The maximum atomic E-state index is 13.1. The number of β-lactam (4-membered cyclic amide) rings is 3. The number of nitrogens with zero attached hydrogens (tertiary/aromatic N) is 5. The number of aliphatic carboxylic acids is 1. The fourth-order valence-corrected chi connectivity index (χ4v) is 11.5. The van der Waals surface area contributed by atoms with Crippen LogP contribution in [0.4, 0.5) is 22.8 Å². The molecular formula is C52H81F3N8O15. The van der Waals surface area contributed by atoms with Gasteiger partial charge in [-0.1, -0.05) is 12.8 Å². The summed E-state index contributed by atoms with van der Waals surface area (Å²) in [7, 11) is 0. The second kappa shape index (κ2) is 23.7. The van der Waals surface area contributed by atoms with E-state index in [-0.39, 0.29) is 37.4 Å². The first kappa shape index (κ1) is 61.7. The van der Waals surface area contributed by atoms with Gasteiger partial charge in [-0.25, -0.2) is 19.2 Å². The summed E-state index contributed by atoms with van der Waals surface area (Å²) in [5.74, 6) is -4.75. The zero-order chi connectivity index (χ0) is 58.1. The Morgan fingerprint density at radius 3 is 1.38 bits per heavy atom. The Morgan fingerprint density at radius 1 is 0.628 bits per heavy atom. The van der Waals surface area contributed by atoms with Crippen molar-refractivity contribution < 1.29 is 85.9 Å². The Bertz CT molecular complexity index is 2280. The molecule has 8 aliphatic rings. The summed E-state index contributed by atoms with van der Waals surface area (Å²) >= 11 is 0. The third kappa shape index (κ3) is 13.2. The fourth-order valence-electron chi connectivity index (χ4n) is 11.5. The summed E-state index contributed by atoms with van der Waals surface area (Å²) in [5.41, 5.74) is -4.01. The van der Waals surface area contributed by atoms with Crippen LogP contribution < -0.4 is 16.0 Å². The predicted molar refractivity (Wildman–Crippen MR) is 270 cm³/mol. The molecule has 3 unspecified atom stereocenters. The van der Waals surface area contributed by atoms with E-state index in [9.17, 15) is 71.6 Å². The Labute approximate surface area is 452 Å². The van der Waals surface area contributed by atoms with Crippen molar-refractivity contribution in [2.45, 2.75) is 210 Å². The van der Waals surface area contributed by atoms with Crippen molar-refractivity contribution >= 4 is 53.7 Å². The van der Waals surface area contributed by atoms with Crippen molar-refractivity contribution in [1.82, 2.24) is 40.4 Å². The maximum Gasteiger partial charge on any atom is 0.490 e. The van der Waals surface area contributed by atoms with Crippen molar-refractivity contribution in [3.63, 3.8) is 0 Å². The van der Waals surface area contributed by atoms with E-state index in [1.165, 1.54) is 46.8 Å². The number of nitrogens with one attached hydrogen (secondary N) is 3. The SMILES string of the molecule is C[C@@H](O)[C@@H](C(=O)NCC1CCC1)N1CC2(CCCN2C(=O)OC(C)(C)C)C1=O.C[C@@H](O)[C@@H](C(=O)O)N1CC2(CCCN2C(=O)OC(C)(C)C)C1=O.C[C@@H](OC(=O)C(F)(F)F)[C@@H](C(=O)NCC1CCC1)N1CC2(CCCN2)C1=O. The first-order valence-electron chi connectivity index (χ1n) is 27.3. The van der Waals surface area contributed by atoms with Crippen LogP contribution in [0.5, 0.6) is 0 Å². The number of halogens is 3. The molecule has 0 aromatic carbocycles. The van der Waals surface area contributed by atoms with E-state index in [1.54, 1.807) is 41.5 Å². The molecule has 78 heavy (non-hydrogen) atoms. The number of alkyl halides is 3. The first-order chi connectivity index (χ1) is 36.2. The number of carboxylic acid groups (broad SMARTS) is 1. The van der Waals surface area contributed by atoms with Crippen LogP contribution in [0.2, 0.25) is 0 Å². The lowest BCUT2D eigenvalue weighted by Gasteiger charge is -2.53. The minimum atomic E-state index is -5.16. The lowest BCUT2D eigenvalue weighted by atomic mass is 9.83. The summed E-state index contributed by atoms with van der Waals surface area (Å²) in [6.45, 7) is 17.8. The van der Waals surface area contributed by atoms with Crippen molar-refractivity contribution in [1.29, 1.82) is 0 Å². The van der Waals surface area contributed by atoms with Crippen LogP contribution in [0.25, 0.3) is 0 Å². The number of hydrogen-bond acceptors (Lipinski definition) is 15. The molecule has 0 bridgehead atoms. The third-order valence-corrected chi connectivity index (χ3v) is 16.0. The molecular weight excluding hydrogens is 1030 g/mol. The standard InChI is InChI=1S/C20H33N3O5.C17H24F3N3O4.C15H24N2O6/c1-13(24)15(16(25)21-11-14-7-5-8-14)22-12-20(17(22)26)9-6-10-23(20)18(27)28-19(2,3)4;1-10(27-15(26)17(18,19)20)12(13(24)21-8-11-4-2-5-11)23-9-16(14(23)25)6-3-7-22-16;1-9(18)10(11(19)20)16-8-15(12(16)21)6-5-7-17(15)13(22)23-14(2,3)4/h13-15,24H,5-12H2,1-4H3,(H,21,25);10-12,22H,2-9H2,1H3,(H,21,24);9-10,18H,5-8H2,1-4H3,(H,19,20)/t13-,15+,20?;10-,12+,16?;9-,10+,15?/m111/s1. The third-order valence-electron chi connectivity index (χ3n) is 16.0. The molecule has 3 spiro atoms. The van der Waals surface area contributed by atoms with Gasteiger partial charge in [0.2, 0.25) is 17.7 Å². The molecule has 9 atom stereocenters. The van der Waals surface area contributed by atoms with Crippen molar-refractivity contribution in [3.8, 4) is 0 Å². The Morgan fingerprint density at radius 2 is 1.05 bits per heavy atom. The fraction of sp³-hybridized carbons (Fsp3) is 0.827. The Hall–Kier alpha value is -5.50. The van der Waals surface area contributed by atoms with Crippen LogP contribution in [0.3, 0.4) is 0 Å². The van der Waals surface area contributed by atoms with Gasteiger partial charge in [-0.15, -0.1) is 0 Å². The van der Waals surface area contributed by atoms with Crippen molar-refractivity contribution in [3.05, 3.63) is 0 Å². The molecule has 2 aliphatic carbocycles. The average molecular weight is 1120 g/mol. The van der Waals surface area contributed by atoms with Gasteiger partial charge in [-0.2, -0.15) is 13.2 Å². The number of hydrogen-bond donors (Lipinski definition) is 6. The van der Waals surface area contributed by atoms with E-state index >= 15 is 0 Å². The Kier molecular flexibility index (Phi) is 18.7. The smallest absolute Gasteiger partial charge is 0.480 e. The number of ether oxygens (including phenoxy) is 3. The van der Waals surface area contributed by atoms with Gasteiger partial charge in [0.05, 0.1) is 25.3 Å². The minimum absolute atomic E-state index is 0.104. The number of amides is 7. The number of likely N-dealkylation sites (tertiary alicyclic amines) is 5. The summed E-state index contributed by atoms with van der Waals surface area (Å²) < 4.78 is 52.9. The van der Waals surface area contributed by atoms with Gasteiger partial charge >= 0.3 is 30.3 Å². The van der Waals surface area contributed by atoms with Crippen molar-refractivity contribution in [2.24, 2.45) is 11.8 Å². The summed E-state index contributed by atoms with van der Waals surface area (Å²) in [4.78, 5) is 118. The number of carboxylic acids is 1. The lowest BCUT2D eigenvalue weighted by molar-refractivity contribution is -0.208. The maximum absolute atomic E-state index is 13.1. The quantitative estimate of drug-likeness (QED) is 0.0827. The summed E-state index contributed by atoms with van der Waals surface area (Å²) in [5, 5.41) is 37.7. The summed E-state index contributed by atoms with van der Waals surface area (Å²) in [6, 6.07) is -3.51. The minimum Gasteiger partial charge on any atom is -0.480 e. The van der Waals surface area contributed by atoms with Crippen LogP contribution in [-0.2, 0) is 47.8 Å². The molecule has 23 nitrogen and oxygen atoms in total. The normalized spacial score (nSPS) is 27.3. The van der Waals surface area contributed by atoms with E-state index in [0.29, 0.717) is 76.7 Å². The molecule has 8 rings (SSSR count). The molecule has 8 fully saturated rings. The zero-order valence-electron chi connectivity index (χ0n) is 46.4. The van der Waals surface area contributed by atoms with E-state index in [0.717, 1.165) is 43.4 Å². The number of esters is 1. The van der Waals surface area contributed by atoms with Gasteiger partial charge in [0.1, 0.15) is 46.0 Å². The average Bonchev–Trinajstić information content (AvgIpc) is 4.08. The second-order valence-corrected chi connectivity index (χ2v) is 24.3. The highest BCUT2D eigenvalue weighted by Crippen LogP contribution is 2.43. The highest BCUT2D eigenvalue weighted by Gasteiger charge is 2.65. The van der Waals surface area contributed by atoms with Crippen LogP contribution in [-0.4, -0.2) is 216 Å². The van der Waals surface area contributed by atoms with Gasteiger partial charge in [0, 0.05) is 32.7 Å². The molecule has 440 valence electrons. The number of carbonyl (C=O) groups excluding carboxylic acids is 8. The van der Waals surface area contributed by atoms with Gasteiger partial charge < -0.3 is 60.2 Å². The first-order valence-corrected chi connectivity index (χ1v) is 27.3. The van der Waals surface area contributed by atoms with Crippen LogP contribution >= 0.6 is 0 Å². The van der Waals surface area contributed by atoms with E-state index < -0.39 is 106 Å². The molecule has 0 aromatic heterocycles. The molecule has 7 amide bonds. The predicted octanol–water partition coefficient (Wildman–Crippen LogP) is 2.43. The van der Waals surface area contributed by atoms with Crippen LogP contribution in [0, 0.1) is 11.8 Å². The molecule has 26 heteroatoms. The number of aliphatic hydroxyl groups excluding tert-OH is 2. The number of rotatable bonds is 14. The largest absolute Gasteiger partial charge is 0.490 e. The topological polar surface area (TPSA) is 294 Å². The van der Waals surface area contributed by atoms with Crippen molar-refractivity contribution in [2.75, 3.05) is 52.4 Å². The van der Waals surface area contributed by atoms with Crippen LogP contribution in [0.15, 0.2) is 0 Å².